The van der Waals surface area contributed by atoms with Gasteiger partial charge in [0.2, 0.25) is 0 Å². The number of carboxylic acid groups (broad SMARTS) is 1. The third-order valence-electron chi connectivity index (χ3n) is 3.98. The van der Waals surface area contributed by atoms with Crippen LogP contribution in [0.2, 0.25) is 0 Å². The van der Waals surface area contributed by atoms with Crippen molar-refractivity contribution in [3.8, 4) is 0 Å². The van der Waals surface area contributed by atoms with Gasteiger partial charge in [-0.15, -0.1) is 0 Å². The zero-order chi connectivity index (χ0) is 19.4. The minimum absolute atomic E-state index is 0. The summed E-state index contributed by atoms with van der Waals surface area (Å²) in [5.74, 6) is -0.903. The van der Waals surface area contributed by atoms with E-state index in [-0.39, 0.29) is 25.9 Å². The molecule has 0 aromatic rings. The van der Waals surface area contributed by atoms with Gasteiger partial charge in [0, 0.05) is 25.4 Å². The Kier molecular flexibility index (Phi) is 27.6. The van der Waals surface area contributed by atoms with E-state index >= 15 is 0 Å². The third-order valence-corrected chi connectivity index (χ3v) is 3.98. The fourth-order valence-electron chi connectivity index (χ4n) is 2.64. The van der Waals surface area contributed by atoms with Crippen LogP contribution in [0.4, 0.5) is 0 Å². The SMILES string of the molecule is CCCCCCCCCCCCCCCCCC(=O)[O-].O=P(O)(O)O.[Zn]. The molecule has 0 fully saturated rings. The van der Waals surface area contributed by atoms with Crippen molar-refractivity contribution in [1.29, 1.82) is 0 Å². The average Bonchev–Trinajstić information content (AvgIpc) is 2.49. The molecule has 8 heteroatoms. The molecule has 0 bridgehead atoms. The fraction of sp³-hybridized carbons (Fsp3) is 0.944. The Hall–Kier alpha value is 0.203. The smallest absolute Gasteiger partial charge is 0.466 e. The first-order valence-electron chi connectivity index (χ1n) is 9.75. The molecule has 3 N–H and O–H groups in total. The van der Waals surface area contributed by atoms with Gasteiger partial charge in [-0.2, -0.15) is 0 Å². The van der Waals surface area contributed by atoms with Crippen LogP contribution >= 0.6 is 7.82 Å². The van der Waals surface area contributed by atoms with E-state index in [2.05, 4.69) is 6.92 Å². The Balaban J connectivity index is -0.000000772. The maximum absolute atomic E-state index is 10.2. The van der Waals surface area contributed by atoms with Crippen molar-refractivity contribution in [3.63, 3.8) is 0 Å². The summed E-state index contributed by atoms with van der Waals surface area (Å²) >= 11 is 0. The zero-order valence-corrected chi connectivity index (χ0v) is 20.4. The second-order valence-electron chi connectivity index (χ2n) is 6.59. The van der Waals surface area contributed by atoms with Crippen molar-refractivity contribution < 1.29 is 48.6 Å². The minimum Gasteiger partial charge on any atom is -0.550 e. The van der Waals surface area contributed by atoms with Crippen molar-refractivity contribution in [3.05, 3.63) is 0 Å². The molecule has 0 radical (unpaired) electrons. The largest absolute Gasteiger partial charge is 0.550 e. The monoisotopic (exact) mass is 445 g/mol. The molecule has 0 aliphatic rings. The summed E-state index contributed by atoms with van der Waals surface area (Å²) in [5, 5.41) is 10.2. The van der Waals surface area contributed by atoms with Crippen LogP contribution in [-0.4, -0.2) is 20.6 Å². The van der Waals surface area contributed by atoms with Crippen LogP contribution in [0.3, 0.4) is 0 Å². The van der Waals surface area contributed by atoms with Gasteiger partial charge in [0.1, 0.15) is 0 Å². The maximum Gasteiger partial charge on any atom is 0.466 e. The van der Waals surface area contributed by atoms with Gasteiger partial charge in [0.05, 0.1) is 0 Å². The molecule has 0 aromatic heterocycles. The summed E-state index contributed by atoms with van der Waals surface area (Å²) in [5.41, 5.74) is 0. The van der Waals surface area contributed by atoms with Crippen molar-refractivity contribution >= 4 is 13.8 Å². The Bertz CT molecular complexity index is 327. The van der Waals surface area contributed by atoms with Crippen LogP contribution in [0.1, 0.15) is 110 Å². The van der Waals surface area contributed by atoms with Gasteiger partial charge in [-0.1, -0.05) is 96.8 Å². The van der Waals surface area contributed by atoms with Crippen molar-refractivity contribution in [2.45, 2.75) is 110 Å². The van der Waals surface area contributed by atoms with E-state index in [0.717, 1.165) is 12.8 Å². The predicted molar refractivity (Wildman–Crippen MR) is 98.8 cm³/mol. The molecule has 0 aliphatic heterocycles. The van der Waals surface area contributed by atoms with E-state index < -0.39 is 13.8 Å². The number of hydrogen-bond acceptors (Lipinski definition) is 3. The van der Waals surface area contributed by atoms with Crippen LogP contribution < -0.4 is 5.11 Å². The fourth-order valence-corrected chi connectivity index (χ4v) is 2.64. The topological polar surface area (TPSA) is 118 Å². The summed E-state index contributed by atoms with van der Waals surface area (Å²) in [6.45, 7) is 2.27. The predicted octanol–water partition coefficient (Wildman–Crippen LogP) is 4.07. The van der Waals surface area contributed by atoms with E-state index in [9.17, 15) is 9.90 Å². The molecular weight excluding hydrogens is 409 g/mol. The number of carbonyl (C=O) groups is 1. The number of hydrogen-bond donors (Lipinski definition) is 3. The van der Waals surface area contributed by atoms with E-state index in [0.29, 0.717) is 0 Å². The Morgan fingerprint density at radius 1 is 0.692 bits per heavy atom. The second kappa shape index (κ2) is 23.2. The molecule has 0 amide bonds. The van der Waals surface area contributed by atoms with Gasteiger partial charge in [-0.3, -0.25) is 0 Å². The minimum atomic E-state index is -4.64. The second-order valence-corrected chi connectivity index (χ2v) is 7.61. The number of unbranched alkanes of at least 4 members (excludes halogenated alkanes) is 14. The molecular formula is C18H38O6PZn-. The molecule has 0 saturated heterocycles. The summed E-state index contributed by atoms with van der Waals surface area (Å²) in [4.78, 5) is 31.8. The average molecular weight is 447 g/mol. The first-order chi connectivity index (χ1) is 11.8. The van der Waals surface area contributed by atoms with Crippen LogP contribution in [-0.2, 0) is 28.8 Å². The third kappa shape index (κ3) is 44.0. The molecule has 0 unspecified atom stereocenters. The number of carbonyl (C=O) groups excluding carboxylic acids is 1. The van der Waals surface area contributed by atoms with Crippen molar-refractivity contribution in [2.24, 2.45) is 0 Å². The summed E-state index contributed by atoms with van der Waals surface area (Å²) in [7, 11) is -4.64. The van der Waals surface area contributed by atoms with Gasteiger partial charge >= 0.3 is 7.82 Å². The molecule has 0 atom stereocenters. The first kappa shape index (κ1) is 30.9. The van der Waals surface area contributed by atoms with Gasteiger partial charge in [0.15, 0.2) is 0 Å². The van der Waals surface area contributed by atoms with Gasteiger partial charge < -0.3 is 24.6 Å². The Labute approximate surface area is 172 Å². The van der Waals surface area contributed by atoms with Gasteiger partial charge in [-0.25, -0.2) is 4.57 Å². The van der Waals surface area contributed by atoms with Crippen LogP contribution in [0, 0.1) is 0 Å². The standard InChI is InChI=1S/C18H36O2.H3O4P.Zn/c1-2-3-4-5-6-7-8-9-10-11-12-13-14-15-16-17-18(19)20;1-5(2,3)4;/h2-17H2,1H3,(H,19,20);(H3,1,2,3,4);/p-1. The molecule has 26 heavy (non-hydrogen) atoms. The first-order valence-corrected chi connectivity index (χ1v) is 11.3. The maximum atomic E-state index is 10.2. The molecule has 0 saturated carbocycles. The number of carboxylic acids is 1. The normalized spacial score (nSPS) is 10.6. The van der Waals surface area contributed by atoms with Crippen LogP contribution in [0.15, 0.2) is 0 Å². The van der Waals surface area contributed by atoms with Crippen LogP contribution in [0.5, 0.6) is 0 Å². The Morgan fingerprint density at radius 2 is 0.923 bits per heavy atom. The summed E-state index contributed by atoms with van der Waals surface area (Å²) < 4.78 is 8.88. The quantitative estimate of drug-likeness (QED) is 0.187. The van der Waals surface area contributed by atoms with Gasteiger partial charge in [-0.05, 0) is 12.8 Å². The van der Waals surface area contributed by atoms with E-state index in [1.165, 1.54) is 83.5 Å². The van der Waals surface area contributed by atoms with E-state index in [1.807, 2.05) is 0 Å². The molecule has 0 aromatic carbocycles. The van der Waals surface area contributed by atoms with Gasteiger partial charge in [0.25, 0.3) is 0 Å². The molecule has 0 heterocycles. The molecule has 154 valence electrons. The van der Waals surface area contributed by atoms with Crippen molar-refractivity contribution in [1.82, 2.24) is 0 Å². The molecule has 0 rings (SSSR count). The van der Waals surface area contributed by atoms with E-state index in [4.69, 9.17) is 19.2 Å². The molecule has 0 aliphatic carbocycles. The molecule has 6 nitrogen and oxygen atoms in total. The van der Waals surface area contributed by atoms with Crippen LogP contribution in [0.25, 0.3) is 0 Å². The van der Waals surface area contributed by atoms with Crippen molar-refractivity contribution in [2.75, 3.05) is 0 Å². The van der Waals surface area contributed by atoms with E-state index in [1.54, 1.807) is 0 Å². The molecule has 0 spiro atoms. The number of rotatable bonds is 16. The summed E-state index contributed by atoms with van der Waals surface area (Å²) in [6.07, 6.45) is 19.9. The zero-order valence-electron chi connectivity index (χ0n) is 16.5. The number of aliphatic carboxylic acids is 1. The Morgan fingerprint density at radius 3 is 1.15 bits per heavy atom. The summed E-state index contributed by atoms with van der Waals surface area (Å²) in [6, 6.07) is 0. The number of phosphoric acid groups is 1.